The number of ether oxygens (including phenoxy) is 2. The Labute approximate surface area is 258 Å². The number of rotatable bonds is 9. The molecule has 3 fully saturated rings. The molecule has 2 bridgehead atoms. The topological polar surface area (TPSA) is 89.7 Å². The SMILES string of the molecule is COC(=O)c1cc(OC)c2nc(N3C4CCC(CNCc5c(-c6c(Cl)cccc6Cl)noc5C5CC5)C3CC4)sc2c1. The highest BCUT2D eigenvalue weighted by Crippen LogP contribution is 2.47. The molecule has 1 aliphatic carbocycles. The molecule has 2 aromatic heterocycles. The van der Waals surface area contributed by atoms with Crippen LogP contribution in [0.25, 0.3) is 21.5 Å². The second-order valence-corrected chi connectivity index (χ2v) is 13.3. The molecule has 4 aromatic rings. The zero-order chi connectivity index (χ0) is 29.0. The first-order valence-electron chi connectivity index (χ1n) is 14.5. The van der Waals surface area contributed by atoms with Gasteiger partial charge < -0.3 is 24.2 Å². The average Bonchev–Trinajstić information content (AvgIpc) is 3.49. The summed E-state index contributed by atoms with van der Waals surface area (Å²) in [6.07, 6.45) is 6.83. The van der Waals surface area contributed by atoms with Crippen molar-refractivity contribution in [2.24, 2.45) is 5.92 Å². The van der Waals surface area contributed by atoms with Gasteiger partial charge in [0.15, 0.2) is 5.13 Å². The Morgan fingerprint density at radius 3 is 2.64 bits per heavy atom. The van der Waals surface area contributed by atoms with Gasteiger partial charge in [0.25, 0.3) is 0 Å². The minimum Gasteiger partial charge on any atom is -0.494 e. The van der Waals surface area contributed by atoms with Gasteiger partial charge in [-0.15, -0.1) is 0 Å². The molecule has 1 saturated carbocycles. The Bertz CT molecular complexity index is 1630. The monoisotopic (exact) mass is 626 g/mol. The number of hydrogen-bond acceptors (Lipinski definition) is 9. The van der Waals surface area contributed by atoms with E-state index in [1.54, 1.807) is 24.5 Å². The zero-order valence-electron chi connectivity index (χ0n) is 23.5. The molecule has 8 nitrogen and oxygen atoms in total. The number of benzene rings is 2. The van der Waals surface area contributed by atoms with Crippen molar-refractivity contribution in [3.63, 3.8) is 0 Å². The summed E-state index contributed by atoms with van der Waals surface area (Å²) in [5, 5.41) is 10.3. The maximum Gasteiger partial charge on any atom is 0.338 e. The van der Waals surface area contributed by atoms with E-state index in [2.05, 4.69) is 15.4 Å². The minimum atomic E-state index is -0.382. The van der Waals surface area contributed by atoms with Crippen molar-refractivity contribution < 1.29 is 18.8 Å². The third kappa shape index (κ3) is 4.94. The lowest BCUT2D eigenvalue weighted by Crippen LogP contribution is -2.47. The maximum absolute atomic E-state index is 12.2. The van der Waals surface area contributed by atoms with Crippen LogP contribution < -0.4 is 15.0 Å². The number of fused-ring (bicyclic) bond motifs is 3. The number of esters is 1. The fourth-order valence-electron chi connectivity index (χ4n) is 6.74. The van der Waals surface area contributed by atoms with E-state index >= 15 is 0 Å². The molecule has 0 spiro atoms. The average molecular weight is 628 g/mol. The molecule has 0 radical (unpaired) electrons. The summed E-state index contributed by atoms with van der Waals surface area (Å²) in [5.74, 6) is 2.05. The lowest BCUT2D eigenvalue weighted by Gasteiger charge is -2.40. The van der Waals surface area contributed by atoms with Crippen LogP contribution in [0, 0.1) is 5.92 Å². The van der Waals surface area contributed by atoms with Crippen molar-refractivity contribution in [2.75, 3.05) is 25.7 Å². The lowest BCUT2D eigenvalue weighted by molar-refractivity contribution is 0.0600. The number of halogens is 2. The van der Waals surface area contributed by atoms with E-state index in [-0.39, 0.29) is 5.97 Å². The molecule has 2 aromatic carbocycles. The van der Waals surface area contributed by atoms with Gasteiger partial charge in [-0.2, -0.15) is 0 Å². The number of nitrogens with zero attached hydrogens (tertiary/aromatic N) is 3. The molecule has 0 amide bonds. The second-order valence-electron chi connectivity index (χ2n) is 11.4. The van der Waals surface area contributed by atoms with E-state index in [9.17, 15) is 4.79 Å². The Morgan fingerprint density at radius 2 is 1.90 bits per heavy atom. The van der Waals surface area contributed by atoms with Gasteiger partial charge in [0, 0.05) is 42.2 Å². The van der Waals surface area contributed by atoms with E-state index in [0.29, 0.717) is 51.8 Å². The maximum atomic E-state index is 12.2. The molecule has 3 unspecified atom stereocenters. The Hall–Kier alpha value is -2.85. The quantitative estimate of drug-likeness (QED) is 0.191. The molecule has 220 valence electrons. The summed E-state index contributed by atoms with van der Waals surface area (Å²) >= 11 is 14.8. The second kappa shape index (κ2) is 11.3. The Balaban J connectivity index is 1.11. The normalized spacial score (nSPS) is 21.7. The molecular weight excluding hydrogens is 595 g/mol. The third-order valence-electron chi connectivity index (χ3n) is 8.95. The van der Waals surface area contributed by atoms with Crippen LogP contribution in [0.3, 0.4) is 0 Å². The zero-order valence-corrected chi connectivity index (χ0v) is 25.8. The molecule has 2 saturated heterocycles. The number of methoxy groups -OCH3 is 2. The number of anilines is 1. The number of piperidine rings is 1. The van der Waals surface area contributed by atoms with Gasteiger partial charge in [0.05, 0.1) is 34.5 Å². The van der Waals surface area contributed by atoms with Crippen molar-refractivity contribution in [1.29, 1.82) is 0 Å². The molecule has 7 rings (SSSR count). The van der Waals surface area contributed by atoms with Crippen molar-refractivity contribution in [1.82, 2.24) is 15.5 Å². The van der Waals surface area contributed by atoms with Gasteiger partial charge >= 0.3 is 5.97 Å². The predicted molar refractivity (Wildman–Crippen MR) is 165 cm³/mol. The van der Waals surface area contributed by atoms with Crippen molar-refractivity contribution in [3.05, 3.63) is 57.3 Å². The van der Waals surface area contributed by atoms with Crippen LogP contribution in [0.2, 0.25) is 10.0 Å². The third-order valence-corrected chi connectivity index (χ3v) is 10.6. The summed E-state index contributed by atoms with van der Waals surface area (Å²) in [7, 11) is 3.00. The molecule has 42 heavy (non-hydrogen) atoms. The molecule has 3 aliphatic rings. The number of thiazole rings is 1. The van der Waals surface area contributed by atoms with Crippen LogP contribution >= 0.6 is 34.5 Å². The van der Waals surface area contributed by atoms with E-state index in [0.717, 1.165) is 76.6 Å². The van der Waals surface area contributed by atoms with Gasteiger partial charge in [-0.05, 0) is 68.7 Å². The van der Waals surface area contributed by atoms with Gasteiger partial charge in [0.1, 0.15) is 22.7 Å². The molecule has 11 heteroatoms. The lowest BCUT2D eigenvalue weighted by atomic mass is 9.90. The Kier molecular flexibility index (Phi) is 7.54. The largest absolute Gasteiger partial charge is 0.494 e. The van der Waals surface area contributed by atoms with Crippen LogP contribution in [0.15, 0.2) is 34.9 Å². The highest BCUT2D eigenvalue weighted by atomic mass is 35.5. The van der Waals surface area contributed by atoms with E-state index in [1.807, 2.05) is 24.3 Å². The summed E-state index contributed by atoms with van der Waals surface area (Å²) in [5.41, 5.74) is 3.79. The Morgan fingerprint density at radius 1 is 1.12 bits per heavy atom. The predicted octanol–water partition coefficient (Wildman–Crippen LogP) is 7.47. The number of nitrogens with one attached hydrogen (secondary N) is 1. The highest BCUT2D eigenvalue weighted by molar-refractivity contribution is 7.22. The van der Waals surface area contributed by atoms with Crippen LogP contribution in [0.5, 0.6) is 5.75 Å². The van der Waals surface area contributed by atoms with Gasteiger partial charge in [-0.25, -0.2) is 9.78 Å². The number of aromatic nitrogens is 2. The van der Waals surface area contributed by atoms with Crippen molar-refractivity contribution in [2.45, 2.75) is 63.1 Å². The minimum absolute atomic E-state index is 0.382. The van der Waals surface area contributed by atoms with Gasteiger partial charge in [-0.1, -0.05) is 45.8 Å². The van der Waals surface area contributed by atoms with Gasteiger partial charge in [-0.3, -0.25) is 0 Å². The number of carbonyl (C=O) groups excluding carboxylic acids is 1. The molecule has 1 N–H and O–H groups in total. The number of hydrogen-bond donors (Lipinski definition) is 1. The summed E-state index contributed by atoms with van der Waals surface area (Å²) in [6, 6.07) is 9.96. The first-order valence-corrected chi connectivity index (χ1v) is 16.0. The first-order chi connectivity index (χ1) is 20.5. The fraction of sp³-hybridized carbons (Fsp3) is 0.452. The van der Waals surface area contributed by atoms with E-state index in [4.69, 9.17) is 42.2 Å². The summed E-state index contributed by atoms with van der Waals surface area (Å²) in [6.45, 7) is 1.52. The summed E-state index contributed by atoms with van der Waals surface area (Å²) < 4.78 is 17.3. The molecule has 2 aliphatic heterocycles. The van der Waals surface area contributed by atoms with E-state index in [1.165, 1.54) is 13.5 Å². The molecule has 4 heterocycles. The highest BCUT2D eigenvalue weighted by Gasteiger charge is 2.43. The van der Waals surface area contributed by atoms with Crippen LogP contribution in [-0.2, 0) is 11.3 Å². The van der Waals surface area contributed by atoms with Crippen LogP contribution in [-0.4, -0.2) is 49.0 Å². The standard InChI is InChI=1S/C31H32Cl2N4O4S/c1-39-24-12-18(30(38)40-2)13-25-28(24)35-31(42-25)37-19-9-8-17(23(37)11-10-19)14-34-15-20-27(36-41-29(20)16-6-7-16)26-21(32)4-3-5-22(26)33/h3-5,12-13,16-17,19,23,34H,6-11,14-15H2,1-2H3. The van der Waals surface area contributed by atoms with Crippen molar-refractivity contribution >= 4 is 55.9 Å². The van der Waals surface area contributed by atoms with E-state index < -0.39 is 0 Å². The summed E-state index contributed by atoms with van der Waals surface area (Å²) in [4.78, 5) is 19.8. The molecular formula is C31H32Cl2N4O4S. The van der Waals surface area contributed by atoms with Crippen molar-refractivity contribution in [3.8, 4) is 17.0 Å². The fourth-order valence-corrected chi connectivity index (χ4v) is 8.47. The molecule has 3 atom stereocenters. The first kappa shape index (κ1) is 28.0. The van der Waals surface area contributed by atoms with Gasteiger partial charge in [0.2, 0.25) is 0 Å². The smallest absolute Gasteiger partial charge is 0.338 e. The van der Waals surface area contributed by atoms with Crippen LogP contribution in [0.1, 0.15) is 66.1 Å². The number of carbonyl (C=O) groups is 1. The van der Waals surface area contributed by atoms with Crippen LogP contribution in [0.4, 0.5) is 5.13 Å².